The molecule has 23 nitrogen and oxygen atoms in total. The number of halogens is 3. The molecule has 10 aromatic rings. The lowest BCUT2D eigenvalue weighted by Crippen LogP contribution is -2.42. The summed E-state index contributed by atoms with van der Waals surface area (Å²) in [5.74, 6) is 0.580. The number of hydrogen-bond acceptors (Lipinski definition) is 15. The molecule has 0 atom stereocenters. The molecule has 6 aromatic heterocycles. The number of ketones is 1. The minimum atomic E-state index is -0.696. The number of Topliss-reactive ketones (excluding diaryl/α,β-unsaturated/α-hetero) is 1. The largest absolute Gasteiger partial charge is 0.382 e. The first kappa shape index (κ1) is 72.3. The van der Waals surface area contributed by atoms with Gasteiger partial charge < -0.3 is 27.4 Å². The van der Waals surface area contributed by atoms with Crippen LogP contribution in [0.1, 0.15) is 150 Å². The van der Waals surface area contributed by atoms with E-state index < -0.39 is 34.3 Å². The molecule has 1 aliphatic heterocycles. The van der Waals surface area contributed by atoms with Gasteiger partial charge in [0.15, 0.2) is 11.6 Å². The van der Waals surface area contributed by atoms with Crippen molar-refractivity contribution >= 4 is 106 Å². The van der Waals surface area contributed by atoms with Gasteiger partial charge in [-0.3, -0.25) is 37.9 Å². The first-order chi connectivity index (χ1) is 46.5. The van der Waals surface area contributed by atoms with Gasteiger partial charge in [0, 0.05) is 125 Å². The number of nitrogens with one attached hydrogen (secondary N) is 3. The smallest absolute Gasteiger partial charge is 0.335 e. The number of para-hydroxylation sites is 2. The second-order valence-corrected chi connectivity index (χ2v) is 25.4. The van der Waals surface area contributed by atoms with E-state index in [-0.39, 0.29) is 52.1 Å². The highest BCUT2D eigenvalue weighted by molar-refractivity contribution is 15.0. The van der Waals surface area contributed by atoms with Gasteiger partial charge in [0.2, 0.25) is 5.24 Å². The molecule has 26 heteroatoms. The van der Waals surface area contributed by atoms with Gasteiger partial charge in [0.1, 0.15) is 40.6 Å². The number of amides is 2. The van der Waals surface area contributed by atoms with Crippen molar-refractivity contribution < 1.29 is 19.2 Å². The summed E-state index contributed by atoms with van der Waals surface area (Å²) in [5.41, 5.74) is 18.9. The minimum Gasteiger partial charge on any atom is -0.382 e. The second kappa shape index (κ2) is 32.4. The van der Waals surface area contributed by atoms with E-state index in [4.69, 9.17) is 23.1 Å². The number of carbonyl (C=O) groups is 4. The Hall–Kier alpha value is -8.93. The van der Waals surface area contributed by atoms with Crippen LogP contribution < -0.4 is 49.9 Å². The molecule has 7 heterocycles. The fourth-order valence-electron chi connectivity index (χ4n) is 12.1. The predicted octanol–water partition coefficient (Wildman–Crippen LogP) is 12.4. The van der Waals surface area contributed by atoms with Gasteiger partial charge >= 0.3 is 11.4 Å². The van der Waals surface area contributed by atoms with Crippen LogP contribution in [0, 0.1) is 17.8 Å². The fraction of sp³-hybridized carbons (Fsp3) is 0.324. The van der Waals surface area contributed by atoms with Crippen molar-refractivity contribution in [2.75, 3.05) is 35.2 Å². The van der Waals surface area contributed by atoms with Crippen LogP contribution >= 0.6 is 48.8 Å². The standard InChI is InChI=1S/C36H39N7O4.C31H32N8O3.C4H7ClO.I2/c1-21(2)32(44)25-12-10-24(11-13-25)30-18-28(31-33(37)38-20-39-43(30)31)23-14-16-26(17-15-23)40-34(45)29-19-41(22(3)4)36(47)42(35(29)46)27-8-6-5-7-9-27;1-19(2)37-17-25(30(41)38(31(37)42)23-6-4-3-5-7-23)29(40)36-22-10-8-20(9-11-22)24-16-26(21-12-14-33-15-13-21)39-27(24)28(32)34-18-35-39;1-3(2)4(5)6;1-2/h5-9,14-22,24-25H,10-13H2,1-4H3,(H,40,45)(H2,37,38,39);3-11,16-19,21,33H,12-15H2,1-2H3,(H,36,40)(H2,32,34,35);3H,1-2H3;. The van der Waals surface area contributed by atoms with Gasteiger partial charge in [-0.05, 0) is 163 Å². The van der Waals surface area contributed by atoms with E-state index in [9.17, 15) is 38.4 Å². The highest BCUT2D eigenvalue weighted by Crippen LogP contribution is 2.42. The Bertz CT molecular complexity index is 4720. The number of nitrogen functional groups attached to an aromatic ring is 2. The van der Waals surface area contributed by atoms with E-state index >= 15 is 0 Å². The molecule has 97 heavy (non-hydrogen) atoms. The third kappa shape index (κ3) is 16.2. The lowest BCUT2D eigenvalue weighted by molar-refractivity contribution is -0.126. The van der Waals surface area contributed by atoms with Gasteiger partial charge in [0.05, 0.1) is 11.4 Å². The van der Waals surface area contributed by atoms with E-state index in [1.165, 1.54) is 34.2 Å². The van der Waals surface area contributed by atoms with Crippen LogP contribution in [0.5, 0.6) is 0 Å². The first-order valence-electron chi connectivity index (χ1n) is 32.1. The van der Waals surface area contributed by atoms with Crippen LogP contribution in [0.3, 0.4) is 0 Å². The molecule has 506 valence electrons. The van der Waals surface area contributed by atoms with Crippen LogP contribution in [0.25, 0.3) is 44.7 Å². The molecule has 1 saturated heterocycles. The second-order valence-electron chi connectivity index (χ2n) is 25.0. The number of fused-ring (bicyclic) bond motifs is 2. The van der Waals surface area contributed by atoms with Gasteiger partial charge in [-0.15, -0.1) is 0 Å². The van der Waals surface area contributed by atoms with Gasteiger partial charge in [-0.2, -0.15) is 10.2 Å². The van der Waals surface area contributed by atoms with Crippen molar-refractivity contribution in [3.05, 3.63) is 211 Å². The summed E-state index contributed by atoms with van der Waals surface area (Å²) in [6.45, 7) is 16.6. The molecule has 0 bridgehead atoms. The van der Waals surface area contributed by atoms with Crippen molar-refractivity contribution in [1.82, 2.24) is 52.8 Å². The average molecular weight is 1560 g/mol. The van der Waals surface area contributed by atoms with Gasteiger partial charge in [0.25, 0.3) is 22.9 Å². The molecule has 2 amide bonds. The van der Waals surface area contributed by atoms with Crippen molar-refractivity contribution in [1.29, 1.82) is 0 Å². The quantitative estimate of drug-likeness (QED) is 0.0471. The minimum absolute atomic E-state index is 0.0216. The van der Waals surface area contributed by atoms with E-state index in [2.05, 4.69) is 85.5 Å². The number of hydrogen-bond donors (Lipinski definition) is 5. The summed E-state index contributed by atoms with van der Waals surface area (Å²) in [5, 5.41) is 17.8. The number of nitrogens with two attached hydrogens (primary N) is 2. The fourth-order valence-corrected chi connectivity index (χ4v) is 12.1. The number of benzene rings is 4. The summed E-state index contributed by atoms with van der Waals surface area (Å²) in [7, 11) is 0. The molecule has 4 aromatic carbocycles. The molecular weight excluding hydrogens is 1480 g/mol. The Labute approximate surface area is 588 Å². The normalized spacial score (nSPS) is 14.7. The number of aromatic nitrogens is 10. The van der Waals surface area contributed by atoms with Crippen molar-refractivity contribution in [3.8, 4) is 33.6 Å². The maximum atomic E-state index is 13.5. The van der Waals surface area contributed by atoms with Crippen molar-refractivity contribution in [2.45, 2.75) is 118 Å². The van der Waals surface area contributed by atoms with Crippen LogP contribution in [-0.4, -0.2) is 83.4 Å². The Morgan fingerprint density at radius 3 is 1.26 bits per heavy atom. The third-order valence-electron chi connectivity index (χ3n) is 17.3. The van der Waals surface area contributed by atoms with Crippen LogP contribution in [-0.2, 0) is 9.59 Å². The summed E-state index contributed by atoms with van der Waals surface area (Å²) < 4.78 is 8.58. The summed E-state index contributed by atoms with van der Waals surface area (Å²) >= 11 is 9.21. The zero-order valence-electron chi connectivity index (χ0n) is 55.1. The average Bonchev–Trinajstić information content (AvgIpc) is 1.29. The molecule has 0 radical (unpaired) electrons. The topological polar surface area (TPSA) is 305 Å². The number of nitrogens with zero attached hydrogens (tertiary/aromatic N) is 10. The maximum absolute atomic E-state index is 13.5. The Kier molecular flexibility index (Phi) is 24.2. The molecule has 0 unspecified atom stereocenters. The summed E-state index contributed by atoms with van der Waals surface area (Å²) in [6.07, 6.45) is 11.1. The van der Waals surface area contributed by atoms with Crippen LogP contribution in [0.2, 0.25) is 0 Å². The SMILES string of the molecule is CC(C)C(=O)C1CCC(c2cc(-c3ccc(NC(=O)c4cn(C(C)C)c(=O)n(-c5ccccc5)c4=O)cc3)c3c(N)ncnn23)CC1.CC(C)C(=O)Cl.CC(C)n1cc(C(=O)Nc2ccc(-c3cc(C4CCNCC4)n4ncnc(N)c34)cc2)c(=O)n(-c2ccccc2)c1=O.II. The third-order valence-corrected chi connectivity index (χ3v) is 17.8. The Morgan fingerprint density at radius 2 is 0.907 bits per heavy atom. The Balaban J connectivity index is 0.000000206. The van der Waals surface area contributed by atoms with Crippen molar-refractivity contribution in [2.24, 2.45) is 17.8 Å². The molecular formula is C71H78ClI2N15O8. The van der Waals surface area contributed by atoms with E-state index in [0.717, 1.165) is 99.9 Å². The molecule has 0 spiro atoms. The molecule has 1 aliphatic carbocycles. The predicted molar refractivity (Wildman–Crippen MR) is 398 cm³/mol. The lowest BCUT2D eigenvalue weighted by Gasteiger charge is -2.28. The number of rotatable bonds is 15. The molecule has 12 rings (SSSR count). The monoisotopic (exact) mass is 1560 g/mol. The first-order valence-corrected chi connectivity index (χ1v) is 38.7. The van der Waals surface area contributed by atoms with Gasteiger partial charge in [-0.1, -0.05) is 88.4 Å². The molecule has 2 fully saturated rings. The summed E-state index contributed by atoms with van der Waals surface area (Å²) in [6, 6.07) is 35.4. The zero-order valence-corrected chi connectivity index (χ0v) is 60.2. The van der Waals surface area contributed by atoms with E-state index in [0.29, 0.717) is 51.6 Å². The van der Waals surface area contributed by atoms with Crippen molar-refractivity contribution in [3.63, 3.8) is 0 Å². The number of anilines is 4. The Morgan fingerprint density at radius 1 is 0.536 bits per heavy atom. The molecule has 1 saturated carbocycles. The maximum Gasteiger partial charge on any atom is 0.335 e. The van der Waals surface area contributed by atoms with Gasteiger partial charge in [-0.25, -0.2) is 37.7 Å². The molecule has 7 N–H and O–H groups in total. The molecule has 2 aliphatic rings. The highest BCUT2D eigenvalue weighted by atomic mass is 128. The summed E-state index contributed by atoms with van der Waals surface area (Å²) in [4.78, 5) is 111. The van der Waals surface area contributed by atoms with E-state index in [1.54, 1.807) is 98.8 Å². The highest BCUT2D eigenvalue weighted by Gasteiger charge is 2.32. The number of piperidine rings is 1. The number of carbonyl (C=O) groups excluding carboxylic acids is 4. The zero-order chi connectivity index (χ0) is 69.9. The van der Waals surface area contributed by atoms with Crippen LogP contribution in [0.4, 0.5) is 23.0 Å². The van der Waals surface area contributed by atoms with E-state index in [1.807, 2.05) is 74.8 Å². The van der Waals surface area contributed by atoms with Crippen LogP contribution in [0.15, 0.2) is 166 Å². The lowest BCUT2D eigenvalue weighted by atomic mass is 9.76.